The number of nitrogens with one attached hydrogen (secondary N) is 1. The maximum Gasteiger partial charge on any atom is 0.292 e. The predicted molar refractivity (Wildman–Crippen MR) is 105 cm³/mol. The van der Waals surface area contributed by atoms with Crippen molar-refractivity contribution in [1.82, 2.24) is 15.2 Å². The zero-order valence-corrected chi connectivity index (χ0v) is 15.3. The molecule has 0 aliphatic heterocycles. The van der Waals surface area contributed by atoms with Crippen molar-refractivity contribution in [3.8, 4) is 0 Å². The highest BCUT2D eigenvalue weighted by Gasteiger charge is 2.20. The van der Waals surface area contributed by atoms with Gasteiger partial charge in [0.2, 0.25) is 0 Å². The Bertz CT molecular complexity index is 1130. The minimum atomic E-state index is -0.419. The maximum absolute atomic E-state index is 12.8. The molecule has 27 heavy (non-hydrogen) atoms. The quantitative estimate of drug-likeness (QED) is 0.729. The van der Waals surface area contributed by atoms with Crippen LogP contribution < -0.4 is 11.0 Å². The number of hydrazone groups is 1. The molecule has 0 bridgehead atoms. The summed E-state index contributed by atoms with van der Waals surface area (Å²) in [6.07, 6.45) is 1.71. The van der Waals surface area contributed by atoms with Gasteiger partial charge in [0.05, 0.1) is 17.1 Å². The van der Waals surface area contributed by atoms with Gasteiger partial charge in [-0.3, -0.25) is 9.59 Å². The number of benzene rings is 2. The lowest BCUT2D eigenvalue weighted by Gasteiger charge is -2.12. The summed E-state index contributed by atoms with van der Waals surface area (Å²) in [6.45, 7) is 3.72. The molecule has 0 radical (unpaired) electrons. The summed E-state index contributed by atoms with van der Waals surface area (Å²) < 4.78 is 1.34. The number of rotatable bonds is 3. The van der Waals surface area contributed by atoms with Crippen LogP contribution in [0.5, 0.6) is 0 Å². The van der Waals surface area contributed by atoms with Crippen LogP contribution in [0.1, 0.15) is 47.9 Å². The minimum Gasteiger partial charge on any atom is -0.267 e. The Labute approximate surface area is 156 Å². The number of aromatic nitrogens is 2. The fourth-order valence-corrected chi connectivity index (χ4v) is 3.42. The van der Waals surface area contributed by atoms with Crippen molar-refractivity contribution in [1.29, 1.82) is 0 Å². The minimum absolute atomic E-state index is 0.151. The Morgan fingerprint density at radius 1 is 1.07 bits per heavy atom. The first kappa shape index (κ1) is 17.1. The van der Waals surface area contributed by atoms with Crippen molar-refractivity contribution in [2.24, 2.45) is 5.10 Å². The van der Waals surface area contributed by atoms with Crippen molar-refractivity contribution in [2.75, 3.05) is 0 Å². The zero-order chi connectivity index (χ0) is 19.0. The van der Waals surface area contributed by atoms with Crippen molar-refractivity contribution in [3.05, 3.63) is 75.7 Å². The van der Waals surface area contributed by atoms with Gasteiger partial charge >= 0.3 is 0 Å². The molecular formula is C21H20N4O2. The van der Waals surface area contributed by atoms with Gasteiger partial charge in [0.1, 0.15) is 0 Å². The van der Waals surface area contributed by atoms with Crippen LogP contribution in [-0.4, -0.2) is 21.4 Å². The molecule has 0 atom stereocenters. The molecule has 136 valence electrons. The smallest absolute Gasteiger partial charge is 0.267 e. The third-order valence-electron chi connectivity index (χ3n) is 4.78. The third-order valence-corrected chi connectivity index (χ3v) is 4.78. The van der Waals surface area contributed by atoms with Crippen molar-refractivity contribution in [3.63, 3.8) is 0 Å². The van der Waals surface area contributed by atoms with Crippen LogP contribution in [0.4, 0.5) is 0 Å². The third kappa shape index (κ3) is 3.03. The standard InChI is InChI=1S/C21H20N4O2/c1-13(2)25-21(27)17-10-6-5-9-16(17)19(24-25)20(26)23-22-18-12-11-14-7-3-4-8-15(14)18/h3-10,13H,11-12H2,1-2H3,(H,23,26)/b22-18-. The van der Waals surface area contributed by atoms with Gasteiger partial charge in [-0.05, 0) is 38.3 Å². The van der Waals surface area contributed by atoms with Gasteiger partial charge in [-0.25, -0.2) is 10.1 Å². The van der Waals surface area contributed by atoms with E-state index in [2.05, 4.69) is 21.7 Å². The van der Waals surface area contributed by atoms with E-state index in [9.17, 15) is 9.59 Å². The second-order valence-corrected chi connectivity index (χ2v) is 6.89. The average molecular weight is 360 g/mol. The average Bonchev–Trinajstić information content (AvgIpc) is 3.09. The molecular weight excluding hydrogens is 340 g/mol. The van der Waals surface area contributed by atoms with Gasteiger partial charge in [-0.2, -0.15) is 10.2 Å². The van der Waals surface area contributed by atoms with E-state index in [1.54, 1.807) is 24.3 Å². The van der Waals surface area contributed by atoms with Crippen LogP contribution >= 0.6 is 0 Å². The highest BCUT2D eigenvalue weighted by Crippen LogP contribution is 2.22. The Balaban J connectivity index is 1.73. The summed E-state index contributed by atoms with van der Waals surface area (Å²) in [6, 6.07) is 14.9. The Morgan fingerprint density at radius 3 is 2.56 bits per heavy atom. The number of hydrogen-bond donors (Lipinski definition) is 1. The van der Waals surface area contributed by atoms with E-state index >= 15 is 0 Å². The van der Waals surface area contributed by atoms with Crippen LogP contribution in [0.25, 0.3) is 10.8 Å². The van der Waals surface area contributed by atoms with Gasteiger partial charge in [0.25, 0.3) is 11.5 Å². The first-order valence-corrected chi connectivity index (χ1v) is 9.03. The second kappa shape index (κ2) is 6.79. The van der Waals surface area contributed by atoms with Crippen molar-refractivity contribution >= 4 is 22.4 Å². The van der Waals surface area contributed by atoms with E-state index in [1.165, 1.54) is 10.2 Å². The summed E-state index contributed by atoms with van der Waals surface area (Å²) >= 11 is 0. The van der Waals surface area contributed by atoms with Gasteiger partial charge < -0.3 is 0 Å². The van der Waals surface area contributed by atoms with Crippen LogP contribution in [0.2, 0.25) is 0 Å². The Morgan fingerprint density at radius 2 is 1.78 bits per heavy atom. The molecule has 1 aromatic heterocycles. The molecule has 2 aromatic carbocycles. The maximum atomic E-state index is 12.8. The molecule has 1 amide bonds. The van der Waals surface area contributed by atoms with E-state index in [0.717, 1.165) is 24.1 Å². The normalized spacial score (nSPS) is 14.7. The lowest BCUT2D eigenvalue weighted by atomic mass is 10.1. The number of aryl methyl sites for hydroxylation is 1. The number of carbonyl (C=O) groups excluding carboxylic acids is 1. The topological polar surface area (TPSA) is 76.3 Å². The molecule has 0 saturated carbocycles. The summed E-state index contributed by atoms with van der Waals surface area (Å²) in [7, 11) is 0. The molecule has 1 aliphatic carbocycles. The van der Waals surface area contributed by atoms with Crippen LogP contribution in [0, 0.1) is 0 Å². The second-order valence-electron chi connectivity index (χ2n) is 6.89. The predicted octanol–water partition coefficient (Wildman–Crippen LogP) is 3.06. The van der Waals surface area contributed by atoms with E-state index in [4.69, 9.17) is 0 Å². The van der Waals surface area contributed by atoms with E-state index < -0.39 is 5.91 Å². The summed E-state index contributed by atoms with van der Waals surface area (Å²) in [5.74, 6) is -0.419. The lowest BCUT2D eigenvalue weighted by Crippen LogP contribution is -2.30. The first-order chi connectivity index (χ1) is 13.1. The summed E-state index contributed by atoms with van der Waals surface area (Å²) in [4.78, 5) is 25.4. The summed E-state index contributed by atoms with van der Waals surface area (Å²) in [5.41, 5.74) is 5.81. The number of amides is 1. The van der Waals surface area contributed by atoms with Crippen molar-refractivity contribution in [2.45, 2.75) is 32.7 Å². The van der Waals surface area contributed by atoms with Gasteiger partial charge in [-0.1, -0.05) is 42.5 Å². The number of carbonyl (C=O) groups is 1. The van der Waals surface area contributed by atoms with Gasteiger partial charge in [0.15, 0.2) is 5.69 Å². The molecule has 0 saturated heterocycles. The Hall–Kier alpha value is -3.28. The molecule has 4 rings (SSSR count). The van der Waals surface area contributed by atoms with E-state index in [1.807, 2.05) is 32.0 Å². The molecule has 3 aromatic rings. The van der Waals surface area contributed by atoms with Crippen LogP contribution in [0.15, 0.2) is 58.4 Å². The molecule has 1 N–H and O–H groups in total. The highest BCUT2D eigenvalue weighted by molar-refractivity contribution is 6.07. The van der Waals surface area contributed by atoms with E-state index in [-0.39, 0.29) is 17.3 Å². The van der Waals surface area contributed by atoms with E-state index in [0.29, 0.717) is 10.8 Å². The summed E-state index contributed by atoms with van der Waals surface area (Å²) in [5, 5.41) is 9.66. The van der Waals surface area contributed by atoms with Crippen LogP contribution in [0.3, 0.4) is 0 Å². The molecule has 0 spiro atoms. The molecule has 6 heteroatoms. The monoisotopic (exact) mass is 360 g/mol. The number of hydrogen-bond acceptors (Lipinski definition) is 4. The molecule has 0 fully saturated rings. The van der Waals surface area contributed by atoms with Gasteiger partial charge in [0, 0.05) is 10.9 Å². The lowest BCUT2D eigenvalue weighted by molar-refractivity contribution is 0.0949. The Kier molecular flexibility index (Phi) is 4.32. The van der Waals surface area contributed by atoms with Gasteiger partial charge in [-0.15, -0.1) is 0 Å². The fraction of sp³-hybridized carbons (Fsp3) is 0.238. The largest absolute Gasteiger partial charge is 0.292 e. The highest BCUT2D eigenvalue weighted by atomic mass is 16.2. The molecule has 6 nitrogen and oxygen atoms in total. The molecule has 0 unspecified atom stereocenters. The number of nitrogens with zero attached hydrogens (tertiary/aromatic N) is 3. The first-order valence-electron chi connectivity index (χ1n) is 9.03. The zero-order valence-electron chi connectivity index (χ0n) is 15.3. The van der Waals surface area contributed by atoms with Crippen LogP contribution in [-0.2, 0) is 6.42 Å². The SMILES string of the molecule is CC(C)n1nc(C(=O)N/N=C2/CCc3ccccc32)c2ccccc2c1=O. The molecule has 1 heterocycles. The van der Waals surface area contributed by atoms with Crippen molar-refractivity contribution < 1.29 is 4.79 Å². The number of fused-ring (bicyclic) bond motifs is 2. The molecule has 1 aliphatic rings. The fourth-order valence-electron chi connectivity index (χ4n) is 3.42.